The zero-order valence-corrected chi connectivity index (χ0v) is 8.20. The van der Waals surface area contributed by atoms with E-state index in [9.17, 15) is 4.79 Å². The van der Waals surface area contributed by atoms with E-state index in [0.29, 0.717) is 5.52 Å². The number of hydrogen-bond donors (Lipinski definition) is 1. The Morgan fingerprint density at radius 3 is 3.08 bits per heavy atom. The standard InChI is InChI=1S/C8H5IN2O/c9-6-4-11-8(12)7-5(6)2-1-3-10-7/h1-4H,(H,11,12). The molecule has 0 aromatic carbocycles. The maximum Gasteiger partial charge on any atom is 0.274 e. The van der Waals surface area contributed by atoms with Crippen LogP contribution in [-0.4, -0.2) is 9.97 Å². The Labute approximate surface area is 82.0 Å². The molecule has 2 heterocycles. The van der Waals surface area contributed by atoms with Gasteiger partial charge in [-0.1, -0.05) is 0 Å². The maximum atomic E-state index is 11.2. The van der Waals surface area contributed by atoms with Crippen LogP contribution in [0, 0.1) is 3.57 Å². The normalized spacial score (nSPS) is 10.4. The third-order valence-corrected chi connectivity index (χ3v) is 2.50. The SMILES string of the molecule is O=c1[nH]cc(I)c2cccnc12. The number of hydrogen-bond acceptors (Lipinski definition) is 2. The third kappa shape index (κ3) is 1.12. The molecule has 0 aliphatic heterocycles. The Hall–Kier alpha value is -0.910. The molecule has 0 bridgehead atoms. The van der Waals surface area contributed by atoms with Gasteiger partial charge in [0.05, 0.1) is 0 Å². The molecule has 0 unspecified atom stereocenters. The number of aromatic nitrogens is 2. The highest BCUT2D eigenvalue weighted by Gasteiger charge is 2.00. The quantitative estimate of drug-likeness (QED) is 0.739. The molecule has 0 atom stereocenters. The lowest BCUT2D eigenvalue weighted by Gasteiger charge is -1.96. The summed E-state index contributed by atoms with van der Waals surface area (Å²) in [6.45, 7) is 0. The summed E-state index contributed by atoms with van der Waals surface area (Å²) in [5.41, 5.74) is 0.371. The number of nitrogens with one attached hydrogen (secondary N) is 1. The monoisotopic (exact) mass is 272 g/mol. The molecule has 0 spiro atoms. The number of halogens is 1. The Kier molecular flexibility index (Phi) is 1.84. The number of nitrogens with zero attached hydrogens (tertiary/aromatic N) is 1. The highest BCUT2D eigenvalue weighted by Crippen LogP contribution is 2.13. The van der Waals surface area contributed by atoms with Crippen LogP contribution in [0.1, 0.15) is 0 Å². The van der Waals surface area contributed by atoms with Gasteiger partial charge in [-0.2, -0.15) is 0 Å². The molecule has 3 nitrogen and oxygen atoms in total. The summed E-state index contributed by atoms with van der Waals surface area (Å²) in [6, 6.07) is 3.71. The van der Waals surface area contributed by atoms with Gasteiger partial charge in [-0.15, -0.1) is 0 Å². The van der Waals surface area contributed by atoms with E-state index in [4.69, 9.17) is 0 Å². The molecule has 0 amide bonds. The molecule has 12 heavy (non-hydrogen) atoms. The zero-order valence-electron chi connectivity index (χ0n) is 6.04. The molecule has 2 rings (SSSR count). The smallest absolute Gasteiger partial charge is 0.274 e. The average Bonchev–Trinajstić information content (AvgIpc) is 2.12. The number of pyridine rings is 2. The summed E-state index contributed by atoms with van der Waals surface area (Å²) < 4.78 is 1.01. The summed E-state index contributed by atoms with van der Waals surface area (Å²) in [4.78, 5) is 17.8. The van der Waals surface area contributed by atoms with Crippen molar-refractivity contribution in [1.29, 1.82) is 0 Å². The topological polar surface area (TPSA) is 45.8 Å². The van der Waals surface area contributed by atoms with Crippen LogP contribution in [0.4, 0.5) is 0 Å². The van der Waals surface area contributed by atoms with Gasteiger partial charge in [-0.3, -0.25) is 9.78 Å². The van der Waals surface area contributed by atoms with Gasteiger partial charge in [0.2, 0.25) is 0 Å². The van der Waals surface area contributed by atoms with Crippen LogP contribution in [0.15, 0.2) is 29.3 Å². The van der Waals surface area contributed by atoms with Crippen LogP contribution in [0.25, 0.3) is 10.9 Å². The maximum absolute atomic E-state index is 11.2. The van der Waals surface area contributed by atoms with Gasteiger partial charge >= 0.3 is 0 Å². The summed E-state index contributed by atoms with van der Waals surface area (Å²) in [7, 11) is 0. The van der Waals surface area contributed by atoms with Crippen LogP contribution in [-0.2, 0) is 0 Å². The lowest BCUT2D eigenvalue weighted by atomic mass is 10.3. The van der Waals surface area contributed by atoms with E-state index < -0.39 is 0 Å². The molecule has 2 aromatic rings. The molecule has 4 heteroatoms. The van der Waals surface area contributed by atoms with E-state index in [2.05, 4.69) is 32.6 Å². The highest BCUT2D eigenvalue weighted by molar-refractivity contribution is 14.1. The average molecular weight is 272 g/mol. The lowest BCUT2D eigenvalue weighted by molar-refractivity contribution is 1.23. The molecule has 2 aromatic heterocycles. The van der Waals surface area contributed by atoms with Crippen molar-refractivity contribution in [2.45, 2.75) is 0 Å². The van der Waals surface area contributed by atoms with Crippen molar-refractivity contribution in [3.8, 4) is 0 Å². The van der Waals surface area contributed by atoms with Crippen molar-refractivity contribution >= 4 is 33.5 Å². The van der Waals surface area contributed by atoms with Crippen molar-refractivity contribution < 1.29 is 0 Å². The van der Waals surface area contributed by atoms with E-state index in [1.807, 2.05) is 12.1 Å². The van der Waals surface area contributed by atoms with E-state index in [1.165, 1.54) is 0 Å². The molecule has 60 valence electrons. The summed E-state index contributed by atoms with van der Waals surface area (Å²) in [5, 5.41) is 0.904. The second-order valence-electron chi connectivity index (χ2n) is 2.37. The van der Waals surface area contributed by atoms with E-state index in [1.54, 1.807) is 12.4 Å². The van der Waals surface area contributed by atoms with Gasteiger partial charge in [0.25, 0.3) is 5.56 Å². The van der Waals surface area contributed by atoms with E-state index >= 15 is 0 Å². The Bertz CT molecular complexity index is 478. The molecule has 0 saturated carbocycles. The molecule has 0 fully saturated rings. The molecule has 1 N–H and O–H groups in total. The zero-order chi connectivity index (χ0) is 8.55. The first-order chi connectivity index (χ1) is 5.79. The van der Waals surface area contributed by atoms with E-state index in [0.717, 1.165) is 8.96 Å². The number of fused-ring (bicyclic) bond motifs is 1. The first-order valence-electron chi connectivity index (χ1n) is 3.41. The Morgan fingerprint density at radius 2 is 2.33 bits per heavy atom. The van der Waals surface area contributed by atoms with Crippen LogP contribution < -0.4 is 5.56 Å². The molecular weight excluding hydrogens is 267 g/mol. The molecule has 0 aliphatic rings. The van der Waals surface area contributed by atoms with Gasteiger partial charge in [0.15, 0.2) is 0 Å². The van der Waals surface area contributed by atoms with Gasteiger partial charge in [-0.25, -0.2) is 0 Å². The minimum absolute atomic E-state index is 0.133. The van der Waals surface area contributed by atoms with Gasteiger partial charge in [0, 0.05) is 21.4 Å². The summed E-state index contributed by atoms with van der Waals surface area (Å²) >= 11 is 2.16. The summed E-state index contributed by atoms with van der Waals surface area (Å²) in [5.74, 6) is 0. The second-order valence-corrected chi connectivity index (χ2v) is 3.53. The van der Waals surface area contributed by atoms with Crippen molar-refractivity contribution in [3.05, 3.63) is 38.5 Å². The van der Waals surface area contributed by atoms with Crippen molar-refractivity contribution in [2.24, 2.45) is 0 Å². The third-order valence-electron chi connectivity index (χ3n) is 1.61. The largest absolute Gasteiger partial charge is 0.326 e. The molecule has 0 radical (unpaired) electrons. The first kappa shape index (κ1) is 7.72. The molecule has 0 aliphatic carbocycles. The number of H-pyrrole nitrogens is 1. The van der Waals surface area contributed by atoms with Crippen molar-refractivity contribution in [2.75, 3.05) is 0 Å². The predicted octanol–water partition coefficient (Wildman–Crippen LogP) is 1.53. The first-order valence-corrected chi connectivity index (χ1v) is 4.49. The number of rotatable bonds is 0. The Balaban J connectivity index is 3.05. The molecule has 0 saturated heterocycles. The minimum Gasteiger partial charge on any atom is -0.326 e. The second kappa shape index (κ2) is 2.85. The van der Waals surface area contributed by atoms with Crippen LogP contribution in [0.2, 0.25) is 0 Å². The van der Waals surface area contributed by atoms with Crippen LogP contribution in [0.3, 0.4) is 0 Å². The fourth-order valence-corrected chi connectivity index (χ4v) is 1.64. The van der Waals surface area contributed by atoms with Crippen molar-refractivity contribution in [3.63, 3.8) is 0 Å². The summed E-state index contributed by atoms with van der Waals surface area (Å²) in [6.07, 6.45) is 3.31. The Morgan fingerprint density at radius 1 is 1.50 bits per heavy atom. The highest BCUT2D eigenvalue weighted by atomic mass is 127. The fourth-order valence-electron chi connectivity index (χ4n) is 1.05. The van der Waals surface area contributed by atoms with Crippen molar-refractivity contribution in [1.82, 2.24) is 9.97 Å². The van der Waals surface area contributed by atoms with E-state index in [-0.39, 0.29) is 5.56 Å². The van der Waals surface area contributed by atoms with Gasteiger partial charge < -0.3 is 4.98 Å². The minimum atomic E-state index is -0.133. The van der Waals surface area contributed by atoms with Crippen LogP contribution >= 0.6 is 22.6 Å². The lowest BCUT2D eigenvalue weighted by Crippen LogP contribution is -2.07. The van der Waals surface area contributed by atoms with Crippen LogP contribution in [0.5, 0.6) is 0 Å². The van der Waals surface area contributed by atoms with Gasteiger partial charge in [-0.05, 0) is 34.7 Å². The predicted molar refractivity (Wildman–Crippen MR) is 55.1 cm³/mol. The van der Waals surface area contributed by atoms with Gasteiger partial charge in [0.1, 0.15) is 5.52 Å². The number of aromatic amines is 1. The fraction of sp³-hybridized carbons (Fsp3) is 0. The molecular formula is C8H5IN2O.